The Morgan fingerprint density at radius 3 is 2.69 bits per heavy atom. The lowest BCUT2D eigenvalue weighted by Crippen LogP contribution is -2.28. The van der Waals surface area contributed by atoms with Gasteiger partial charge in [-0.2, -0.15) is 0 Å². The van der Waals surface area contributed by atoms with Crippen molar-refractivity contribution in [1.29, 1.82) is 0 Å². The number of aromatic nitrogens is 2. The van der Waals surface area contributed by atoms with Gasteiger partial charge in [0.2, 0.25) is 0 Å². The molecule has 1 aliphatic heterocycles. The van der Waals surface area contributed by atoms with Crippen molar-refractivity contribution in [3.05, 3.63) is 59.5 Å². The number of anilines is 1. The van der Waals surface area contributed by atoms with Gasteiger partial charge in [-0.25, -0.2) is 9.78 Å². The van der Waals surface area contributed by atoms with E-state index in [0.717, 1.165) is 35.9 Å². The second-order valence-electron chi connectivity index (χ2n) is 6.51. The van der Waals surface area contributed by atoms with E-state index in [9.17, 15) is 14.7 Å². The summed E-state index contributed by atoms with van der Waals surface area (Å²) in [4.78, 5) is 30.8. The van der Waals surface area contributed by atoms with Crippen LogP contribution in [0.1, 0.15) is 39.5 Å². The first kappa shape index (κ1) is 16.3. The molecular weight excluding hydrogens is 330 g/mol. The summed E-state index contributed by atoms with van der Waals surface area (Å²) in [6.07, 6.45) is 2.64. The van der Waals surface area contributed by atoms with Crippen LogP contribution in [0, 0.1) is 0 Å². The zero-order chi connectivity index (χ0) is 18.3. The average Bonchev–Trinajstić information content (AvgIpc) is 3.06. The highest BCUT2D eigenvalue weighted by molar-refractivity contribution is 6.14. The van der Waals surface area contributed by atoms with Crippen molar-refractivity contribution in [3.63, 3.8) is 0 Å². The minimum absolute atomic E-state index is 0.0933. The smallest absolute Gasteiger partial charge is 0.356 e. The third-order valence-electron chi connectivity index (χ3n) is 4.91. The molecule has 0 radical (unpaired) electrons. The predicted molar refractivity (Wildman–Crippen MR) is 98.8 cm³/mol. The lowest BCUT2D eigenvalue weighted by atomic mass is 10.0. The lowest BCUT2D eigenvalue weighted by molar-refractivity contribution is 0.0684. The lowest BCUT2D eigenvalue weighted by Gasteiger charge is -2.17. The number of amides is 1. The van der Waals surface area contributed by atoms with Crippen molar-refractivity contribution >= 4 is 28.5 Å². The molecule has 0 saturated carbocycles. The number of carboxylic acid groups (broad SMARTS) is 1. The molecule has 1 aliphatic rings. The van der Waals surface area contributed by atoms with E-state index in [-0.39, 0.29) is 17.4 Å². The normalized spacial score (nSPS) is 13.4. The van der Waals surface area contributed by atoms with Gasteiger partial charge >= 0.3 is 5.97 Å². The van der Waals surface area contributed by atoms with E-state index >= 15 is 0 Å². The molecule has 2 aromatic carbocycles. The van der Waals surface area contributed by atoms with Crippen molar-refractivity contribution < 1.29 is 14.7 Å². The second kappa shape index (κ2) is 6.29. The van der Waals surface area contributed by atoms with Crippen LogP contribution >= 0.6 is 0 Å². The van der Waals surface area contributed by atoms with E-state index in [4.69, 9.17) is 0 Å². The first-order valence-electron chi connectivity index (χ1n) is 8.66. The molecule has 0 unspecified atom stereocenters. The van der Waals surface area contributed by atoms with E-state index in [2.05, 4.69) is 4.98 Å². The molecule has 132 valence electrons. The van der Waals surface area contributed by atoms with Gasteiger partial charge in [0, 0.05) is 25.6 Å². The fraction of sp³-hybridized carbons (Fsp3) is 0.250. The molecule has 1 aromatic heterocycles. The summed E-state index contributed by atoms with van der Waals surface area (Å²) in [6, 6.07) is 13.2. The topological polar surface area (TPSA) is 75.4 Å². The minimum atomic E-state index is -1.06. The highest BCUT2D eigenvalue weighted by Crippen LogP contribution is 2.28. The number of rotatable bonds is 3. The van der Waals surface area contributed by atoms with Crippen molar-refractivity contribution in [2.24, 2.45) is 0 Å². The van der Waals surface area contributed by atoms with Crippen LogP contribution in [0.5, 0.6) is 0 Å². The summed E-state index contributed by atoms with van der Waals surface area (Å²) in [5.74, 6) is -0.369. The zero-order valence-electron chi connectivity index (χ0n) is 14.5. The van der Waals surface area contributed by atoms with Crippen LogP contribution < -0.4 is 4.90 Å². The molecule has 0 fully saturated rings. The summed E-state index contributed by atoms with van der Waals surface area (Å²) in [5, 5.41) is 11.5. The Morgan fingerprint density at radius 1 is 1.12 bits per heavy atom. The number of imidazole rings is 1. The number of benzene rings is 2. The number of aryl methyl sites for hydroxylation is 1. The number of hydrogen-bond acceptors (Lipinski definition) is 3. The molecule has 0 atom stereocenters. The highest BCUT2D eigenvalue weighted by atomic mass is 16.4. The van der Waals surface area contributed by atoms with Gasteiger partial charge in [0.1, 0.15) is 5.82 Å². The fourth-order valence-corrected chi connectivity index (χ4v) is 3.60. The largest absolute Gasteiger partial charge is 0.476 e. The molecule has 1 amide bonds. The van der Waals surface area contributed by atoms with E-state index in [1.165, 1.54) is 4.90 Å². The van der Waals surface area contributed by atoms with Gasteiger partial charge in [-0.3, -0.25) is 9.69 Å². The summed E-state index contributed by atoms with van der Waals surface area (Å²) in [5.41, 5.74) is 0.628. The van der Waals surface area contributed by atoms with E-state index < -0.39 is 5.97 Å². The Bertz CT molecular complexity index is 1020. The van der Waals surface area contributed by atoms with Crippen LogP contribution in [0.4, 0.5) is 5.82 Å². The van der Waals surface area contributed by atoms with Crippen LogP contribution in [0.15, 0.2) is 42.5 Å². The predicted octanol–water partition coefficient (Wildman–Crippen LogP) is 3.35. The van der Waals surface area contributed by atoms with Crippen LogP contribution in [0.2, 0.25) is 0 Å². The van der Waals surface area contributed by atoms with Crippen molar-refractivity contribution in [1.82, 2.24) is 9.55 Å². The number of carbonyl (C=O) groups excluding carboxylic acids is 1. The van der Waals surface area contributed by atoms with Crippen LogP contribution in [-0.2, 0) is 13.0 Å². The minimum Gasteiger partial charge on any atom is -0.476 e. The third-order valence-corrected chi connectivity index (χ3v) is 4.91. The number of aromatic carboxylic acids is 1. The molecular formula is C20H19N3O3. The molecule has 0 saturated heterocycles. The molecule has 26 heavy (non-hydrogen) atoms. The van der Waals surface area contributed by atoms with Crippen molar-refractivity contribution in [2.75, 3.05) is 11.9 Å². The van der Waals surface area contributed by atoms with Gasteiger partial charge in [-0.05, 0) is 29.7 Å². The molecule has 0 aliphatic carbocycles. The van der Waals surface area contributed by atoms with Gasteiger partial charge in [0.15, 0.2) is 11.5 Å². The Hall–Kier alpha value is -3.15. The monoisotopic (exact) mass is 349 g/mol. The first-order chi connectivity index (χ1) is 12.6. The van der Waals surface area contributed by atoms with Gasteiger partial charge in [-0.15, -0.1) is 0 Å². The second-order valence-corrected chi connectivity index (χ2v) is 6.51. The molecule has 6 nitrogen and oxygen atoms in total. The number of hydrogen-bond donors (Lipinski definition) is 1. The molecule has 2 heterocycles. The number of carboxylic acids is 1. The van der Waals surface area contributed by atoms with Gasteiger partial charge in [0.05, 0.1) is 0 Å². The van der Waals surface area contributed by atoms with Gasteiger partial charge in [0.25, 0.3) is 5.91 Å². The Labute approximate surface area is 150 Å². The Kier molecular flexibility index (Phi) is 3.95. The molecule has 3 aromatic rings. The SMILES string of the molecule is CN(C(=O)c1cccc2ccccc12)c1nc2n(c1C(=O)O)CCCC2. The Balaban J connectivity index is 1.80. The molecule has 4 rings (SSSR count). The first-order valence-corrected chi connectivity index (χ1v) is 8.66. The fourth-order valence-electron chi connectivity index (χ4n) is 3.60. The summed E-state index contributed by atoms with van der Waals surface area (Å²) in [7, 11) is 1.59. The summed E-state index contributed by atoms with van der Waals surface area (Å²) < 4.78 is 1.73. The summed E-state index contributed by atoms with van der Waals surface area (Å²) >= 11 is 0. The third kappa shape index (κ3) is 2.54. The quantitative estimate of drug-likeness (QED) is 0.787. The zero-order valence-corrected chi connectivity index (χ0v) is 14.5. The van der Waals surface area contributed by atoms with Crippen LogP contribution in [0.25, 0.3) is 10.8 Å². The maximum atomic E-state index is 13.1. The van der Waals surface area contributed by atoms with Gasteiger partial charge in [-0.1, -0.05) is 36.4 Å². The number of nitrogens with zero attached hydrogens (tertiary/aromatic N) is 3. The van der Waals surface area contributed by atoms with Crippen molar-refractivity contribution in [3.8, 4) is 0 Å². The molecule has 1 N–H and O–H groups in total. The van der Waals surface area contributed by atoms with Crippen molar-refractivity contribution in [2.45, 2.75) is 25.8 Å². The molecule has 6 heteroatoms. The standard InChI is InChI=1S/C20H19N3O3/c1-22(18-17(20(25)26)23-12-5-4-11-16(23)21-18)19(24)15-10-6-8-13-7-2-3-9-14(13)15/h2-3,6-10H,4-5,11-12H2,1H3,(H,25,26). The van der Waals surface area contributed by atoms with E-state index in [1.807, 2.05) is 36.4 Å². The maximum Gasteiger partial charge on any atom is 0.356 e. The maximum absolute atomic E-state index is 13.1. The van der Waals surface area contributed by atoms with Gasteiger partial charge < -0.3 is 9.67 Å². The average molecular weight is 349 g/mol. The Morgan fingerprint density at radius 2 is 1.88 bits per heavy atom. The van der Waals surface area contributed by atoms with E-state index in [1.54, 1.807) is 17.7 Å². The molecule has 0 spiro atoms. The highest BCUT2D eigenvalue weighted by Gasteiger charge is 2.29. The molecule has 0 bridgehead atoms. The van der Waals surface area contributed by atoms with Crippen LogP contribution in [0.3, 0.4) is 0 Å². The summed E-state index contributed by atoms with van der Waals surface area (Å²) in [6.45, 7) is 0.625. The van der Waals surface area contributed by atoms with Crippen LogP contribution in [-0.4, -0.2) is 33.6 Å². The van der Waals surface area contributed by atoms with E-state index in [0.29, 0.717) is 12.1 Å². The number of carbonyl (C=O) groups is 2. The number of fused-ring (bicyclic) bond motifs is 2.